The number of thioether (sulfide) groups is 1. The molecule has 0 bridgehead atoms. The average Bonchev–Trinajstić information content (AvgIpc) is 3.20. The molecule has 4 aromatic rings. The second-order valence-electron chi connectivity index (χ2n) is 5.33. The van der Waals surface area contributed by atoms with Gasteiger partial charge < -0.3 is 0 Å². The summed E-state index contributed by atoms with van der Waals surface area (Å²) in [5, 5.41) is 11.4. The number of nitrogens with zero attached hydrogens (tertiary/aromatic N) is 5. The molecule has 3 heterocycles. The number of halogens is 1. The van der Waals surface area contributed by atoms with Crippen LogP contribution < -0.4 is 5.56 Å². The summed E-state index contributed by atoms with van der Waals surface area (Å²) in [4.78, 5) is 17.5. The van der Waals surface area contributed by atoms with Crippen molar-refractivity contribution in [3.05, 3.63) is 68.8 Å². The SMILES string of the molecule is Cc1csc2nc(CSc3nncn3-c3cccc(Cl)c3)cc(=O)n12. The Labute approximate surface area is 156 Å². The van der Waals surface area contributed by atoms with E-state index in [2.05, 4.69) is 15.2 Å². The molecule has 1 aromatic carbocycles. The van der Waals surface area contributed by atoms with Crippen molar-refractivity contribution in [1.29, 1.82) is 0 Å². The van der Waals surface area contributed by atoms with Crippen molar-refractivity contribution in [3.8, 4) is 5.69 Å². The van der Waals surface area contributed by atoms with E-state index in [0.717, 1.165) is 17.1 Å². The monoisotopic (exact) mass is 389 g/mol. The first kappa shape index (κ1) is 16.3. The lowest BCUT2D eigenvalue weighted by Crippen LogP contribution is -2.14. The zero-order valence-corrected chi connectivity index (χ0v) is 15.5. The van der Waals surface area contributed by atoms with Crippen molar-refractivity contribution in [2.45, 2.75) is 17.8 Å². The van der Waals surface area contributed by atoms with Crippen LogP contribution in [0, 0.1) is 6.92 Å². The molecule has 0 aliphatic carbocycles. The fourth-order valence-corrected chi connectivity index (χ4v) is 4.34. The second-order valence-corrected chi connectivity index (χ2v) is 7.55. The summed E-state index contributed by atoms with van der Waals surface area (Å²) in [5.74, 6) is 0.530. The fourth-order valence-electron chi connectivity index (χ4n) is 2.44. The number of aryl methyl sites for hydroxylation is 1. The van der Waals surface area contributed by atoms with Gasteiger partial charge in [-0.05, 0) is 25.1 Å². The smallest absolute Gasteiger partial charge is 0.258 e. The molecule has 3 aromatic heterocycles. The summed E-state index contributed by atoms with van der Waals surface area (Å²) in [7, 11) is 0. The molecule has 4 rings (SSSR count). The summed E-state index contributed by atoms with van der Waals surface area (Å²) < 4.78 is 3.48. The Morgan fingerprint density at radius 1 is 1.32 bits per heavy atom. The number of benzene rings is 1. The highest BCUT2D eigenvalue weighted by atomic mass is 35.5. The van der Waals surface area contributed by atoms with Gasteiger partial charge >= 0.3 is 0 Å². The summed E-state index contributed by atoms with van der Waals surface area (Å²) >= 11 is 8.99. The quantitative estimate of drug-likeness (QED) is 0.499. The van der Waals surface area contributed by atoms with Gasteiger partial charge in [-0.1, -0.05) is 29.4 Å². The highest BCUT2D eigenvalue weighted by Crippen LogP contribution is 2.24. The van der Waals surface area contributed by atoms with E-state index in [4.69, 9.17) is 11.6 Å². The molecule has 25 heavy (non-hydrogen) atoms. The van der Waals surface area contributed by atoms with Crippen LogP contribution in [0.15, 0.2) is 52.0 Å². The minimum Gasteiger partial charge on any atom is -0.277 e. The first-order valence-corrected chi connectivity index (χ1v) is 9.62. The lowest BCUT2D eigenvalue weighted by atomic mass is 10.3. The maximum Gasteiger partial charge on any atom is 0.258 e. The van der Waals surface area contributed by atoms with Crippen molar-refractivity contribution in [2.75, 3.05) is 0 Å². The summed E-state index contributed by atoms with van der Waals surface area (Å²) in [6, 6.07) is 9.05. The normalized spacial score (nSPS) is 11.3. The molecule has 0 fully saturated rings. The van der Waals surface area contributed by atoms with E-state index in [1.54, 1.807) is 16.8 Å². The van der Waals surface area contributed by atoms with Gasteiger partial charge in [0.1, 0.15) is 6.33 Å². The van der Waals surface area contributed by atoms with Gasteiger partial charge in [0.25, 0.3) is 5.56 Å². The number of aromatic nitrogens is 5. The highest BCUT2D eigenvalue weighted by Gasteiger charge is 2.11. The molecular formula is C16H12ClN5OS2. The molecule has 0 unspecified atom stereocenters. The lowest BCUT2D eigenvalue weighted by Gasteiger charge is -2.06. The second kappa shape index (κ2) is 6.62. The summed E-state index contributed by atoms with van der Waals surface area (Å²) in [5.41, 5.74) is 2.45. The van der Waals surface area contributed by atoms with E-state index in [1.807, 2.05) is 41.1 Å². The molecule has 0 radical (unpaired) electrons. The summed E-state index contributed by atoms with van der Waals surface area (Å²) in [6.45, 7) is 1.90. The van der Waals surface area contributed by atoms with Crippen LogP contribution in [-0.4, -0.2) is 24.1 Å². The maximum atomic E-state index is 12.2. The van der Waals surface area contributed by atoms with Crippen molar-refractivity contribution < 1.29 is 0 Å². The molecule has 0 amide bonds. The van der Waals surface area contributed by atoms with Crippen molar-refractivity contribution in [1.82, 2.24) is 24.1 Å². The zero-order chi connectivity index (χ0) is 17.4. The average molecular weight is 390 g/mol. The number of fused-ring (bicyclic) bond motifs is 1. The van der Waals surface area contributed by atoms with E-state index < -0.39 is 0 Å². The van der Waals surface area contributed by atoms with E-state index in [9.17, 15) is 4.79 Å². The Kier molecular flexibility index (Phi) is 4.32. The predicted molar refractivity (Wildman–Crippen MR) is 100 cm³/mol. The Hall–Kier alpha value is -2.16. The molecule has 0 N–H and O–H groups in total. The Bertz CT molecular complexity index is 1120. The van der Waals surface area contributed by atoms with Crippen LogP contribution in [0.5, 0.6) is 0 Å². The molecule has 0 saturated heterocycles. The van der Waals surface area contributed by atoms with Crippen LogP contribution in [0.1, 0.15) is 11.4 Å². The molecule has 0 aliphatic heterocycles. The number of rotatable bonds is 4. The lowest BCUT2D eigenvalue weighted by molar-refractivity contribution is 0.882. The van der Waals surface area contributed by atoms with Crippen molar-refractivity contribution >= 4 is 39.7 Å². The Balaban J connectivity index is 1.61. The van der Waals surface area contributed by atoms with Gasteiger partial charge in [0.15, 0.2) is 10.1 Å². The van der Waals surface area contributed by atoms with Gasteiger partial charge in [-0.3, -0.25) is 13.8 Å². The highest BCUT2D eigenvalue weighted by molar-refractivity contribution is 7.98. The van der Waals surface area contributed by atoms with Crippen LogP contribution in [0.3, 0.4) is 0 Å². The van der Waals surface area contributed by atoms with E-state index in [0.29, 0.717) is 20.9 Å². The molecule has 0 spiro atoms. The third kappa shape index (κ3) is 3.20. The van der Waals surface area contributed by atoms with Gasteiger partial charge in [-0.15, -0.1) is 21.5 Å². The molecule has 0 saturated carbocycles. The third-order valence-electron chi connectivity index (χ3n) is 3.58. The van der Waals surface area contributed by atoms with Crippen LogP contribution in [0.4, 0.5) is 0 Å². The van der Waals surface area contributed by atoms with Crippen LogP contribution >= 0.6 is 34.7 Å². The van der Waals surface area contributed by atoms with Crippen LogP contribution in [0.25, 0.3) is 10.6 Å². The predicted octanol–water partition coefficient (Wildman–Crippen LogP) is 3.59. The standard InChI is InChI=1S/C16H12ClN5OS2/c1-10-7-24-15-19-12(6-14(23)22(10)15)8-25-16-20-18-9-21(16)13-4-2-3-11(17)5-13/h2-7,9H,8H2,1H3. The first-order valence-electron chi connectivity index (χ1n) is 7.37. The minimum atomic E-state index is -0.0596. The third-order valence-corrected chi connectivity index (χ3v) is 5.74. The van der Waals surface area contributed by atoms with Gasteiger partial charge in [0.2, 0.25) is 0 Å². The fraction of sp³-hybridized carbons (Fsp3) is 0.125. The topological polar surface area (TPSA) is 65.1 Å². The maximum absolute atomic E-state index is 12.2. The molecular weight excluding hydrogens is 378 g/mol. The minimum absolute atomic E-state index is 0.0596. The first-order chi connectivity index (χ1) is 12.1. The zero-order valence-electron chi connectivity index (χ0n) is 13.1. The van der Waals surface area contributed by atoms with Crippen LogP contribution in [-0.2, 0) is 5.75 Å². The van der Waals surface area contributed by atoms with Gasteiger partial charge in [0.05, 0.1) is 11.4 Å². The molecule has 6 nitrogen and oxygen atoms in total. The Morgan fingerprint density at radius 3 is 3.04 bits per heavy atom. The van der Waals surface area contributed by atoms with Crippen molar-refractivity contribution in [3.63, 3.8) is 0 Å². The van der Waals surface area contributed by atoms with Gasteiger partial charge in [-0.2, -0.15) is 0 Å². The van der Waals surface area contributed by atoms with Crippen molar-refractivity contribution in [2.24, 2.45) is 0 Å². The largest absolute Gasteiger partial charge is 0.277 e. The number of hydrogen-bond acceptors (Lipinski definition) is 6. The van der Waals surface area contributed by atoms with Gasteiger partial charge in [0, 0.05) is 27.9 Å². The van der Waals surface area contributed by atoms with Crippen LogP contribution in [0.2, 0.25) is 5.02 Å². The number of thiazole rings is 1. The molecule has 0 aliphatic rings. The van der Waals surface area contributed by atoms with E-state index in [-0.39, 0.29) is 5.56 Å². The molecule has 126 valence electrons. The summed E-state index contributed by atoms with van der Waals surface area (Å²) in [6.07, 6.45) is 1.64. The van der Waals surface area contributed by atoms with E-state index >= 15 is 0 Å². The van der Waals surface area contributed by atoms with Gasteiger partial charge in [-0.25, -0.2) is 4.98 Å². The molecule has 9 heteroatoms. The number of hydrogen-bond donors (Lipinski definition) is 0. The Morgan fingerprint density at radius 2 is 2.20 bits per heavy atom. The molecule has 0 atom stereocenters. The van der Waals surface area contributed by atoms with E-state index in [1.165, 1.54) is 23.1 Å².